The van der Waals surface area contributed by atoms with Crippen molar-refractivity contribution >= 4 is 0 Å². The highest BCUT2D eigenvalue weighted by atomic mass is 16.5. The van der Waals surface area contributed by atoms with Gasteiger partial charge in [-0.05, 0) is 68.5 Å². The molecule has 2 aromatic heterocycles. The van der Waals surface area contributed by atoms with Gasteiger partial charge in [-0.2, -0.15) is 0 Å². The summed E-state index contributed by atoms with van der Waals surface area (Å²) in [7, 11) is 1.62. The van der Waals surface area contributed by atoms with Crippen molar-refractivity contribution in [2.24, 2.45) is 5.92 Å². The standard InChI is InChI=1S/C27H33N3O3/c1-20-17-24(31)25(27(32)30(20)15-16-33-2)26(23-9-6-12-28-19-23)29-13-10-22(11-14-29)18-21-7-4-3-5-8-21/h3-9,12,17,19,22,26,31H,10-11,13-16,18H2,1-2H3/t26-/m1/s1. The topological polar surface area (TPSA) is 67.6 Å². The van der Waals surface area contributed by atoms with Crippen LogP contribution < -0.4 is 5.56 Å². The van der Waals surface area contributed by atoms with Crippen molar-refractivity contribution in [1.29, 1.82) is 0 Å². The van der Waals surface area contributed by atoms with Crippen molar-refractivity contribution in [2.45, 2.75) is 38.8 Å². The van der Waals surface area contributed by atoms with Crippen molar-refractivity contribution in [3.63, 3.8) is 0 Å². The molecule has 0 unspecified atom stereocenters. The molecular formula is C27H33N3O3. The number of methoxy groups -OCH3 is 1. The third-order valence-corrected chi connectivity index (χ3v) is 6.70. The SMILES string of the molecule is COCCn1c(C)cc(O)c([C@@H](c2cccnc2)N2CCC(Cc3ccccc3)CC2)c1=O. The molecule has 0 amide bonds. The van der Waals surface area contributed by atoms with E-state index in [1.54, 1.807) is 30.1 Å². The number of hydrogen-bond donors (Lipinski definition) is 1. The van der Waals surface area contributed by atoms with Gasteiger partial charge in [0.15, 0.2) is 0 Å². The molecule has 33 heavy (non-hydrogen) atoms. The monoisotopic (exact) mass is 447 g/mol. The van der Waals surface area contributed by atoms with Gasteiger partial charge in [-0.15, -0.1) is 0 Å². The lowest BCUT2D eigenvalue weighted by Crippen LogP contribution is -2.41. The molecule has 1 fully saturated rings. The van der Waals surface area contributed by atoms with Gasteiger partial charge in [-0.3, -0.25) is 14.7 Å². The van der Waals surface area contributed by atoms with Crippen LogP contribution in [0.1, 0.15) is 41.3 Å². The smallest absolute Gasteiger partial charge is 0.259 e. The van der Waals surface area contributed by atoms with Crippen LogP contribution in [0, 0.1) is 12.8 Å². The Morgan fingerprint density at radius 2 is 1.91 bits per heavy atom. The van der Waals surface area contributed by atoms with Gasteiger partial charge in [0.25, 0.3) is 5.56 Å². The van der Waals surface area contributed by atoms with E-state index in [0.717, 1.165) is 43.6 Å². The highest BCUT2D eigenvalue weighted by Crippen LogP contribution is 2.35. The summed E-state index contributed by atoms with van der Waals surface area (Å²) < 4.78 is 6.90. The van der Waals surface area contributed by atoms with Gasteiger partial charge in [0, 0.05) is 31.7 Å². The zero-order chi connectivity index (χ0) is 23.2. The maximum absolute atomic E-state index is 13.6. The number of rotatable bonds is 8. The van der Waals surface area contributed by atoms with E-state index in [2.05, 4.69) is 40.2 Å². The summed E-state index contributed by atoms with van der Waals surface area (Å²) >= 11 is 0. The molecule has 1 saturated heterocycles. The fraction of sp³-hybridized carbons (Fsp3) is 0.407. The Balaban J connectivity index is 1.63. The second-order valence-electron chi connectivity index (χ2n) is 8.89. The fourth-order valence-electron chi connectivity index (χ4n) is 4.95. The molecule has 1 aromatic carbocycles. The lowest BCUT2D eigenvalue weighted by Gasteiger charge is -2.38. The van der Waals surface area contributed by atoms with Gasteiger partial charge in [0.2, 0.25) is 0 Å². The molecule has 1 aliphatic rings. The molecule has 3 heterocycles. The molecule has 1 atom stereocenters. The molecule has 1 aliphatic heterocycles. The van der Waals surface area contributed by atoms with Crippen molar-refractivity contribution in [1.82, 2.24) is 14.5 Å². The van der Waals surface area contributed by atoms with Crippen molar-refractivity contribution in [2.75, 3.05) is 26.8 Å². The number of benzene rings is 1. The van der Waals surface area contributed by atoms with Crippen LogP contribution in [0.15, 0.2) is 65.7 Å². The van der Waals surface area contributed by atoms with E-state index in [9.17, 15) is 9.90 Å². The third-order valence-electron chi connectivity index (χ3n) is 6.70. The zero-order valence-corrected chi connectivity index (χ0v) is 19.5. The van der Waals surface area contributed by atoms with Crippen LogP contribution in [0.4, 0.5) is 0 Å². The number of ether oxygens (including phenoxy) is 1. The van der Waals surface area contributed by atoms with Crippen LogP contribution in [0.5, 0.6) is 5.75 Å². The summed E-state index contributed by atoms with van der Waals surface area (Å²) in [6.07, 6.45) is 6.72. The average molecular weight is 448 g/mol. The lowest BCUT2D eigenvalue weighted by molar-refractivity contribution is 0.147. The zero-order valence-electron chi connectivity index (χ0n) is 19.5. The number of likely N-dealkylation sites (tertiary alicyclic amines) is 1. The van der Waals surface area contributed by atoms with Crippen LogP contribution in [-0.4, -0.2) is 46.4 Å². The Kier molecular flexibility index (Phi) is 7.57. The molecule has 0 spiro atoms. The normalized spacial score (nSPS) is 16.1. The highest BCUT2D eigenvalue weighted by Gasteiger charge is 2.32. The van der Waals surface area contributed by atoms with E-state index in [1.165, 1.54) is 5.56 Å². The minimum atomic E-state index is -0.335. The van der Waals surface area contributed by atoms with Gasteiger partial charge in [0.05, 0.1) is 18.2 Å². The second-order valence-corrected chi connectivity index (χ2v) is 8.89. The molecule has 174 valence electrons. The first-order valence-electron chi connectivity index (χ1n) is 11.7. The van der Waals surface area contributed by atoms with Gasteiger partial charge in [-0.25, -0.2) is 0 Å². The molecule has 0 saturated carbocycles. The molecule has 6 nitrogen and oxygen atoms in total. The molecule has 1 N–H and O–H groups in total. The number of piperidine rings is 1. The Hall–Kier alpha value is -2.96. The van der Waals surface area contributed by atoms with Gasteiger partial charge >= 0.3 is 0 Å². The van der Waals surface area contributed by atoms with Crippen LogP contribution in [0.2, 0.25) is 0 Å². The van der Waals surface area contributed by atoms with Crippen LogP contribution in [-0.2, 0) is 17.7 Å². The number of aryl methyl sites for hydroxylation is 1. The largest absolute Gasteiger partial charge is 0.507 e. The number of aromatic hydroxyl groups is 1. The Morgan fingerprint density at radius 1 is 1.15 bits per heavy atom. The molecule has 0 aliphatic carbocycles. The van der Waals surface area contributed by atoms with Gasteiger partial charge < -0.3 is 14.4 Å². The maximum atomic E-state index is 13.6. The van der Waals surface area contributed by atoms with Crippen LogP contribution >= 0.6 is 0 Å². The summed E-state index contributed by atoms with van der Waals surface area (Å²) in [5.41, 5.74) is 3.28. The lowest BCUT2D eigenvalue weighted by atomic mass is 9.88. The van der Waals surface area contributed by atoms with E-state index in [-0.39, 0.29) is 17.4 Å². The van der Waals surface area contributed by atoms with Gasteiger partial charge in [0.1, 0.15) is 5.75 Å². The summed E-state index contributed by atoms with van der Waals surface area (Å²) in [5, 5.41) is 10.9. The van der Waals surface area contributed by atoms with Gasteiger partial charge in [-0.1, -0.05) is 36.4 Å². The highest BCUT2D eigenvalue weighted by molar-refractivity contribution is 5.40. The van der Waals surface area contributed by atoms with E-state index in [0.29, 0.717) is 24.6 Å². The van der Waals surface area contributed by atoms with E-state index in [4.69, 9.17) is 4.74 Å². The first-order valence-corrected chi connectivity index (χ1v) is 11.7. The predicted molar refractivity (Wildman–Crippen MR) is 130 cm³/mol. The summed E-state index contributed by atoms with van der Waals surface area (Å²) in [5.74, 6) is 0.662. The predicted octanol–water partition coefficient (Wildman–Crippen LogP) is 3.95. The second kappa shape index (κ2) is 10.8. The molecule has 6 heteroatoms. The van der Waals surface area contributed by atoms with Crippen LogP contribution in [0.3, 0.4) is 0 Å². The first kappa shape index (κ1) is 23.2. The summed E-state index contributed by atoms with van der Waals surface area (Å²) in [6, 6.07) is 15.9. The van der Waals surface area contributed by atoms with Crippen molar-refractivity contribution < 1.29 is 9.84 Å². The molecule has 3 aromatic rings. The quantitative estimate of drug-likeness (QED) is 0.566. The van der Waals surface area contributed by atoms with E-state index in [1.807, 2.05) is 19.1 Å². The molecule has 4 rings (SSSR count). The van der Waals surface area contributed by atoms with E-state index >= 15 is 0 Å². The Bertz CT molecular complexity index is 1090. The number of nitrogens with zero attached hydrogens (tertiary/aromatic N) is 3. The minimum absolute atomic E-state index is 0.0476. The Morgan fingerprint density at radius 3 is 2.58 bits per heavy atom. The summed E-state index contributed by atoms with van der Waals surface area (Å²) in [6.45, 7) is 4.46. The summed E-state index contributed by atoms with van der Waals surface area (Å²) in [4.78, 5) is 20.2. The number of pyridine rings is 2. The minimum Gasteiger partial charge on any atom is -0.507 e. The number of hydrogen-bond acceptors (Lipinski definition) is 5. The molecule has 0 radical (unpaired) electrons. The molecular weight excluding hydrogens is 414 g/mol. The Labute approximate surface area is 195 Å². The van der Waals surface area contributed by atoms with Crippen molar-refractivity contribution in [3.05, 3.63) is 93.7 Å². The van der Waals surface area contributed by atoms with E-state index < -0.39 is 0 Å². The van der Waals surface area contributed by atoms with Crippen molar-refractivity contribution in [3.8, 4) is 5.75 Å². The maximum Gasteiger partial charge on any atom is 0.259 e. The van der Waals surface area contributed by atoms with Crippen LogP contribution in [0.25, 0.3) is 0 Å². The first-order chi connectivity index (χ1) is 16.1. The molecule has 0 bridgehead atoms. The third kappa shape index (κ3) is 5.34. The number of aromatic nitrogens is 2. The average Bonchev–Trinajstić information content (AvgIpc) is 2.83. The fourth-order valence-corrected chi connectivity index (χ4v) is 4.95.